The summed E-state index contributed by atoms with van der Waals surface area (Å²) in [5, 5.41) is 10.1. The molecule has 0 spiro atoms. The molecule has 0 aliphatic rings. The molecule has 0 heterocycles. The third kappa shape index (κ3) is 74.8. The predicted octanol–water partition coefficient (Wildman–Crippen LogP) is -6.02. The van der Waals surface area contributed by atoms with Gasteiger partial charge in [0.15, 0.2) is 0 Å². The summed E-state index contributed by atoms with van der Waals surface area (Å²) in [4.78, 5) is 0. The van der Waals surface area contributed by atoms with Crippen LogP contribution in [0, 0.1) is 0 Å². The van der Waals surface area contributed by atoms with Crippen LogP contribution in [0.2, 0.25) is 0 Å². The SMILES string of the molecule is CC(C)(C)[O-].[K+].[Na+].[OH-]. The Bertz CT molecular complexity index is 29.5. The van der Waals surface area contributed by atoms with Crippen molar-refractivity contribution < 1.29 is 91.5 Å². The first-order valence-corrected chi connectivity index (χ1v) is 1.70. The maximum atomic E-state index is 10.1. The van der Waals surface area contributed by atoms with E-state index in [2.05, 4.69) is 0 Å². The van der Waals surface area contributed by atoms with E-state index in [1.165, 1.54) is 0 Å². The maximum absolute atomic E-state index is 10.1. The summed E-state index contributed by atoms with van der Waals surface area (Å²) >= 11 is 0. The van der Waals surface area contributed by atoms with Gasteiger partial charge in [-0.15, -0.1) is 5.60 Å². The quantitative estimate of drug-likeness (QED) is 0.324. The average molecular weight is 152 g/mol. The Kier molecular flexibility index (Phi) is 26.8. The van der Waals surface area contributed by atoms with Gasteiger partial charge in [0, 0.05) is 0 Å². The van der Waals surface area contributed by atoms with Crippen LogP contribution in [0.25, 0.3) is 0 Å². The zero-order valence-electron chi connectivity index (χ0n) is 6.36. The molecule has 0 aliphatic carbocycles. The molecule has 0 aromatic heterocycles. The molecule has 0 amide bonds. The van der Waals surface area contributed by atoms with Crippen LogP contribution >= 0.6 is 0 Å². The Hall–Kier alpha value is 2.56. The minimum Gasteiger partial charge on any atom is -0.870 e. The standard InChI is InChI=1S/C4H9O.K.Na.H2O/c1-4(2,3)5;;;/h1-3H3;;;1H2/q-1;2*+1;/p-1. The first-order valence-electron chi connectivity index (χ1n) is 1.70. The van der Waals surface area contributed by atoms with Crippen molar-refractivity contribution in [2.24, 2.45) is 0 Å². The van der Waals surface area contributed by atoms with E-state index in [0.717, 1.165) is 0 Å². The van der Waals surface area contributed by atoms with Crippen LogP contribution in [0.4, 0.5) is 0 Å². The fourth-order valence-electron chi connectivity index (χ4n) is 0. The number of rotatable bonds is 0. The van der Waals surface area contributed by atoms with Gasteiger partial charge < -0.3 is 10.6 Å². The Labute approximate surface area is 115 Å². The summed E-state index contributed by atoms with van der Waals surface area (Å²) in [7, 11) is 0. The third-order valence-electron chi connectivity index (χ3n) is 0. The van der Waals surface area contributed by atoms with E-state index in [9.17, 15) is 5.11 Å². The molecule has 0 bridgehead atoms. The minimum absolute atomic E-state index is 0. The molecule has 4 heteroatoms. The van der Waals surface area contributed by atoms with E-state index in [4.69, 9.17) is 0 Å². The summed E-state index contributed by atoms with van der Waals surface area (Å²) in [5.41, 5.74) is -0.750. The summed E-state index contributed by atoms with van der Waals surface area (Å²) in [5.74, 6) is 0. The van der Waals surface area contributed by atoms with Gasteiger partial charge in [0.1, 0.15) is 0 Å². The van der Waals surface area contributed by atoms with Crippen LogP contribution in [0.3, 0.4) is 0 Å². The second-order valence-electron chi connectivity index (χ2n) is 2.11. The molecule has 0 unspecified atom stereocenters. The van der Waals surface area contributed by atoms with Gasteiger partial charge in [0.05, 0.1) is 0 Å². The minimum atomic E-state index is -0.750. The molecule has 0 radical (unpaired) electrons. The first kappa shape index (κ1) is 22.4. The number of hydrogen-bond acceptors (Lipinski definition) is 2. The van der Waals surface area contributed by atoms with Crippen LogP contribution in [0.1, 0.15) is 20.8 Å². The summed E-state index contributed by atoms with van der Waals surface area (Å²) in [6.07, 6.45) is 0. The molecule has 0 fully saturated rings. The van der Waals surface area contributed by atoms with Crippen molar-refractivity contribution >= 4 is 0 Å². The Morgan fingerprint density at radius 3 is 1.12 bits per heavy atom. The third-order valence-corrected chi connectivity index (χ3v) is 0. The van der Waals surface area contributed by atoms with Crippen molar-refractivity contribution in [2.75, 3.05) is 0 Å². The molecule has 0 aromatic rings. The molecule has 0 rings (SSSR count). The van der Waals surface area contributed by atoms with E-state index < -0.39 is 5.60 Å². The number of hydrogen-bond donors (Lipinski definition) is 0. The fraction of sp³-hybridized carbons (Fsp3) is 1.00. The molecular formula is C4H10KNaO2. The second kappa shape index (κ2) is 9.56. The van der Waals surface area contributed by atoms with Crippen molar-refractivity contribution in [3.05, 3.63) is 0 Å². The predicted molar refractivity (Wildman–Crippen MR) is 21.7 cm³/mol. The molecular weight excluding hydrogens is 142 g/mol. The van der Waals surface area contributed by atoms with Crippen molar-refractivity contribution in [2.45, 2.75) is 26.4 Å². The van der Waals surface area contributed by atoms with Crippen LogP contribution in [0.5, 0.6) is 0 Å². The molecule has 0 atom stereocenters. The molecule has 40 valence electrons. The molecule has 2 nitrogen and oxygen atoms in total. The normalized spacial score (nSPS) is 7.50. The Morgan fingerprint density at radius 2 is 1.12 bits per heavy atom. The molecule has 8 heavy (non-hydrogen) atoms. The van der Waals surface area contributed by atoms with Crippen LogP contribution in [-0.2, 0) is 0 Å². The molecule has 0 aliphatic heterocycles. The van der Waals surface area contributed by atoms with Gasteiger partial charge in [0.25, 0.3) is 0 Å². The van der Waals surface area contributed by atoms with E-state index in [1.54, 1.807) is 20.8 Å². The smallest absolute Gasteiger partial charge is 0.870 e. The van der Waals surface area contributed by atoms with Crippen LogP contribution < -0.4 is 86.0 Å². The molecule has 0 aromatic carbocycles. The monoisotopic (exact) mass is 152 g/mol. The van der Waals surface area contributed by atoms with Crippen LogP contribution in [-0.4, -0.2) is 11.1 Å². The molecule has 0 saturated heterocycles. The largest absolute Gasteiger partial charge is 1.00 e. The maximum Gasteiger partial charge on any atom is 1.00 e. The van der Waals surface area contributed by atoms with E-state index in [0.29, 0.717) is 0 Å². The van der Waals surface area contributed by atoms with Crippen molar-refractivity contribution in [3.63, 3.8) is 0 Å². The molecule has 0 saturated carbocycles. The molecule has 1 N–H and O–H groups in total. The fourth-order valence-corrected chi connectivity index (χ4v) is 0. The van der Waals surface area contributed by atoms with Gasteiger partial charge in [-0.1, -0.05) is 20.8 Å². The van der Waals surface area contributed by atoms with E-state index >= 15 is 0 Å². The van der Waals surface area contributed by atoms with Gasteiger partial charge >= 0.3 is 80.9 Å². The van der Waals surface area contributed by atoms with Gasteiger partial charge in [-0.3, -0.25) is 0 Å². The second-order valence-corrected chi connectivity index (χ2v) is 2.11. The van der Waals surface area contributed by atoms with E-state index in [1.807, 2.05) is 0 Å². The zero-order valence-corrected chi connectivity index (χ0v) is 11.5. The van der Waals surface area contributed by atoms with Crippen LogP contribution in [0.15, 0.2) is 0 Å². The summed E-state index contributed by atoms with van der Waals surface area (Å²) in [6.45, 7) is 4.90. The van der Waals surface area contributed by atoms with Gasteiger partial charge in [-0.25, -0.2) is 0 Å². The Balaban J connectivity index is -0.0000000267. The van der Waals surface area contributed by atoms with Gasteiger partial charge in [-0.05, 0) is 0 Å². The van der Waals surface area contributed by atoms with Crippen molar-refractivity contribution in [3.8, 4) is 0 Å². The van der Waals surface area contributed by atoms with Gasteiger partial charge in [0.2, 0.25) is 0 Å². The van der Waals surface area contributed by atoms with Crippen molar-refractivity contribution in [1.82, 2.24) is 0 Å². The zero-order chi connectivity index (χ0) is 4.50. The summed E-state index contributed by atoms with van der Waals surface area (Å²) < 4.78 is 0. The van der Waals surface area contributed by atoms with Crippen molar-refractivity contribution in [1.29, 1.82) is 0 Å². The van der Waals surface area contributed by atoms with E-state index in [-0.39, 0.29) is 86.4 Å². The Morgan fingerprint density at radius 1 is 1.12 bits per heavy atom. The average Bonchev–Trinajstić information content (AvgIpc) is 0.722. The topological polar surface area (TPSA) is 53.1 Å². The summed E-state index contributed by atoms with van der Waals surface area (Å²) in [6, 6.07) is 0. The first-order chi connectivity index (χ1) is 2.00. The van der Waals surface area contributed by atoms with Gasteiger partial charge in [-0.2, -0.15) is 0 Å².